The molecule has 0 atom stereocenters. The highest BCUT2D eigenvalue weighted by Gasteiger charge is 2.04. The molecule has 1 amide bonds. The number of carbonyl (C=O) groups is 1. The molecule has 3 aromatic carbocycles. The van der Waals surface area contributed by atoms with Gasteiger partial charge in [0.25, 0.3) is 5.91 Å². The maximum absolute atomic E-state index is 12.8. The molecule has 0 bridgehead atoms. The molecule has 0 radical (unpaired) electrons. The Morgan fingerprint density at radius 1 is 0.833 bits per heavy atom. The highest BCUT2D eigenvalue weighted by atomic mass is 19.1. The van der Waals surface area contributed by atoms with Crippen LogP contribution in [-0.2, 0) is 0 Å². The lowest BCUT2D eigenvalue weighted by molar-refractivity contribution is 0.0955. The fraction of sp³-hybridized carbons (Fsp3) is 0. The van der Waals surface area contributed by atoms with Gasteiger partial charge in [-0.25, -0.2) is 9.82 Å². The Morgan fingerprint density at radius 3 is 2.12 bits per heavy atom. The van der Waals surface area contributed by atoms with E-state index in [4.69, 9.17) is 0 Å². The largest absolute Gasteiger partial charge is 0.271 e. The summed E-state index contributed by atoms with van der Waals surface area (Å²) in [5, 5.41) is 3.88. The van der Waals surface area contributed by atoms with Crippen LogP contribution in [0.25, 0.3) is 11.1 Å². The lowest BCUT2D eigenvalue weighted by Gasteiger charge is -2.03. The maximum Gasteiger partial charge on any atom is 0.271 e. The van der Waals surface area contributed by atoms with E-state index < -0.39 is 0 Å². The number of nitrogens with zero attached hydrogens (tertiary/aromatic N) is 1. The van der Waals surface area contributed by atoms with Gasteiger partial charge in [-0.3, -0.25) is 4.79 Å². The number of amides is 1. The minimum Gasteiger partial charge on any atom is -0.267 e. The molecule has 0 aromatic heterocycles. The first-order valence-corrected chi connectivity index (χ1v) is 7.47. The second kappa shape index (κ2) is 7.33. The molecule has 0 aliphatic rings. The number of nitrogens with one attached hydrogen (secondary N) is 1. The van der Waals surface area contributed by atoms with Crippen molar-refractivity contribution in [3.05, 3.63) is 95.8 Å². The molecule has 1 N–H and O–H groups in total. The summed E-state index contributed by atoms with van der Waals surface area (Å²) in [5.41, 5.74) is 5.82. The van der Waals surface area contributed by atoms with Crippen LogP contribution < -0.4 is 5.43 Å². The van der Waals surface area contributed by atoms with Gasteiger partial charge in [-0.1, -0.05) is 54.6 Å². The van der Waals surface area contributed by atoms with Gasteiger partial charge in [-0.2, -0.15) is 5.10 Å². The van der Waals surface area contributed by atoms with Crippen LogP contribution in [0.4, 0.5) is 4.39 Å². The monoisotopic (exact) mass is 318 g/mol. The minimum absolute atomic E-state index is 0.298. The molecular weight excluding hydrogens is 303 g/mol. The topological polar surface area (TPSA) is 41.5 Å². The quantitative estimate of drug-likeness (QED) is 0.567. The normalized spacial score (nSPS) is 10.7. The van der Waals surface area contributed by atoms with E-state index in [0.717, 1.165) is 11.1 Å². The Kier molecular flexibility index (Phi) is 4.77. The van der Waals surface area contributed by atoms with Crippen molar-refractivity contribution < 1.29 is 9.18 Å². The minimum atomic E-state index is -0.310. The summed E-state index contributed by atoms with van der Waals surface area (Å²) in [7, 11) is 0. The Balaban J connectivity index is 1.64. The predicted molar refractivity (Wildman–Crippen MR) is 93.3 cm³/mol. The van der Waals surface area contributed by atoms with Crippen LogP contribution in [0, 0.1) is 5.82 Å². The molecule has 3 rings (SSSR count). The Labute approximate surface area is 139 Å². The van der Waals surface area contributed by atoms with Crippen molar-refractivity contribution in [1.82, 2.24) is 5.43 Å². The number of hydrogen-bond donors (Lipinski definition) is 1. The Bertz CT molecular complexity index is 841. The number of benzene rings is 3. The van der Waals surface area contributed by atoms with E-state index in [1.165, 1.54) is 18.3 Å². The van der Waals surface area contributed by atoms with Crippen LogP contribution in [0.2, 0.25) is 0 Å². The van der Waals surface area contributed by atoms with Crippen molar-refractivity contribution in [3.8, 4) is 11.1 Å². The van der Waals surface area contributed by atoms with E-state index in [0.29, 0.717) is 11.1 Å². The van der Waals surface area contributed by atoms with Crippen molar-refractivity contribution in [1.29, 1.82) is 0 Å². The van der Waals surface area contributed by atoms with Gasteiger partial charge in [0.05, 0.1) is 6.21 Å². The molecule has 0 aliphatic heterocycles. The smallest absolute Gasteiger partial charge is 0.267 e. The first kappa shape index (κ1) is 15.6. The van der Waals surface area contributed by atoms with Crippen LogP contribution in [0.1, 0.15) is 15.9 Å². The molecule has 0 heterocycles. The van der Waals surface area contributed by atoms with E-state index in [9.17, 15) is 9.18 Å². The summed E-state index contributed by atoms with van der Waals surface area (Å²) in [6.07, 6.45) is 1.47. The zero-order chi connectivity index (χ0) is 16.8. The van der Waals surface area contributed by atoms with E-state index in [-0.39, 0.29) is 11.7 Å². The first-order valence-electron chi connectivity index (χ1n) is 7.47. The van der Waals surface area contributed by atoms with Crippen LogP contribution in [-0.4, -0.2) is 12.1 Å². The number of halogens is 1. The molecule has 0 saturated carbocycles. The molecule has 0 spiro atoms. The zero-order valence-electron chi connectivity index (χ0n) is 12.8. The number of hydrazone groups is 1. The molecule has 4 heteroatoms. The maximum atomic E-state index is 12.8. The van der Waals surface area contributed by atoms with Gasteiger partial charge in [0, 0.05) is 5.56 Å². The predicted octanol–water partition coefficient (Wildman–Crippen LogP) is 4.26. The molecule has 24 heavy (non-hydrogen) atoms. The van der Waals surface area contributed by atoms with Gasteiger partial charge in [0.1, 0.15) is 5.82 Å². The highest BCUT2D eigenvalue weighted by Crippen LogP contribution is 2.19. The summed E-state index contributed by atoms with van der Waals surface area (Å²) in [5.74, 6) is -0.609. The summed E-state index contributed by atoms with van der Waals surface area (Å²) < 4.78 is 12.8. The van der Waals surface area contributed by atoms with Crippen molar-refractivity contribution in [2.45, 2.75) is 0 Å². The summed E-state index contributed by atoms with van der Waals surface area (Å²) in [6, 6.07) is 23.1. The van der Waals surface area contributed by atoms with Crippen molar-refractivity contribution >= 4 is 12.1 Å². The molecule has 0 unspecified atom stereocenters. The number of carbonyl (C=O) groups excluding carboxylic acids is 1. The van der Waals surface area contributed by atoms with Crippen molar-refractivity contribution in [3.63, 3.8) is 0 Å². The molecule has 3 aromatic rings. The van der Waals surface area contributed by atoms with E-state index >= 15 is 0 Å². The van der Waals surface area contributed by atoms with Crippen LogP contribution in [0.5, 0.6) is 0 Å². The van der Waals surface area contributed by atoms with E-state index in [2.05, 4.69) is 10.5 Å². The van der Waals surface area contributed by atoms with Gasteiger partial charge in [0.2, 0.25) is 0 Å². The van der Waals surface area contributed by atoms with Crippen LogP contribution in [0.3, 0.4) is 0 Å². The molecule has 0 saturated heterocycles. The number of rotatable bonds is 4. The highest BCUT2D eigenvalue weighted by molar-refractivity contribution is 5.95. The van der Waals surface area contributed by atoms with E-state index in [1.54, 1.807) is 24.3 Å². The summed E-state index contributed by atoms with van der Waals surface area (Å²) in [4.78, 5) is 12.1. The average molecular weight is 318 g/mol. The molecule has 0 fully saturated rings. The lowest BCUT2D eigenvalue weighted by Crippen LogP contribution is -2.17. The molecule has 0 aliphatic carbocycles. The third kappa shape index (κ3) is 3.93. The number of hydrogen-bond acceptors (Lipinski definition) is 2. The lowest BCUT2D eigenvalue weighted by atomic mass is 10.0. The third-order valence-corrected chi connectivity index (χ3v) is 3.50. The SMILES string of the molecule is O=C(N/N=C\c1ccc(F)cc1)c1ccc(-c2ccccc2)cc1. The van der Waals surface area contributed by atoms with Crippen LogP contribution >= 0.6 is 0 Å². The molecule has 3 nitrogen and oxygen atoms in total. The van der Waals surface area contributed by atoms with E-state index in [1.807, 2.05) is 42.5 Å². The van der Waals surface area contributed by atoms with Gasteiger partial charge in [0.15, 0.2) is 0 Å². The summed E-state index contributed by atoms with van der Waals surface area (Å²) >= 11 is 0. The summed E-state index contributed by atoms with van der Waals surface area (Å²) in [6.45, 7) is 0. The molecule has 118 valence electrons. The fourth-order valence-electron chi connectivity index (χ4n) is 2.22. The van der Waals surface area contributed by atoms with Crippen molar-refractivity contribution in [2.75, 3.05) is 0 Å². The average Bonchev–Trinajstić information content (AvgIpc) is 2.64. The first-order chi connectivity index (χ1) is 11.7. The van der Waals surface area contributed by atoms with Gasteiger partial charge in [-0.15, -0.1) is 0 Å². The second-order valence-corrected chi connectivity index (χ2v) is 5.19. The zero-order valence-corrected chi connectivity index (χ0v) is 12.8. The Hall–Kier alpha value is -3.27. The second-order valence-electron chi connectivity index (χ2n) is 5.19. The van der Waals surface area contributed by atoms with Gasteiger partial charge < -0.3 is 0 Å². The van der Waals surface area contributed by atoms with Crippen molar-refractivity contribution in [2.24, 2.45) is 5.10 Å². The molecular formula is C20H15FN2O. The standard InChI is InChI=1S/C20H15FN2O/c21-19-12-6-15(7-13-19)14-22-23-20(24)18-10-8-17(9-11-18)16-4-2-1-3-5-16/h1-14H,(H,23,24)/b22-14-. The van der Waals surface area contributed by atoms with Gasteiger partial charge in [-0.05, 0) is 41.0 Å². The van der Waals surface area contributed by atoms with Crippen LogP contribution in [0.15, 0.2) is 84.0 Å². The Morgan fingerprint density at radius 2 is 1.46 bits per heavy atom. The fourth-order valence-corrected chi connectivity index (χ4v) is 2.22. The third-order valence-electron chi connectivity index (χ3n) is 3.50. The van der Waals surface area contributed by atoms with Gasteiger partial charge >= 0.3 is 0 Å².